The van der Waals surface area contributed by atoms with Crippen LogP contribution in [0.5, 0.6) is 0 Å². The lowest BCUT2D eigenvalue weighted by Gasteiger charge is -2.43. The molecule has 0 radical (unpaired) electrons. The molecule has 0 saturated heterocycles. The molecule has 0 spiro atoms. The van der Waals surface area contributed by atoms with Crippen molar-refractivity contribution in [2.75, 3.05) is 4.81 Å². The van der Waals surface area contributed by atoms with Crippen molar-refractivity contribution in [1.82, 2.24) is 8.97 Å². The Balaban J connectivity index is 1.17. The molecule has 5 heteroatoms. The van der Waals surface area contributed by atoms with Crippen LogP contribution in [-0.2, 0) is 10.8 Å². The number of anilines is 2. The lowest BCUT2D eigenvalue weighted by atomic mass is 9.43. The molecule has 13 aromatic rings. The van der Waals surface area contributed by atoms with Crippen LogP contribution in [0.15, 0.2) is 170 Å². The van der Waals surface area contributed by atoms with E-state index in [4.69, 9.17) is 0 Å². The Morgan fingerprint density at radius 2 is 1.16 bits per heavy atom. The summed E-state index contributed by atoms with van der Waals surface area (Å²) in [4.78, 5) is 2.73. The van der Waals surface area contributed by atoms with Crippen LogP contribution in [0.1, 0.15) is 52.7 Å². The van der Waals surface area contributed by atoms with E-state index < -0.39 is 0 Å². The number of hydrogen-bond acceptors (Lipinski definition) is 2. The Kier molecular flexibility index (Phi) is 7.20. The van der Waals surface area contributed by atoms with E-state index in [-0.39, 0.29) is 17.7 Å². The average Bonchev–Trinajstić information content (AvgIpc) is 4.08. The first-order valence-electron chi connectivity index (χ1n) is 23.8. The molecule has 0 saturated carbocycles. The molecule has 2 aliphatic heterocycles. The number of para-hydroxylation sites is 2. The third-order valence-corrected chi connectivity index (χ3v) is 16.7. The van der Waals surface area contributed by atoms with Gasteiger partial charge in [-0.25, -0.2) is 0 Å². The minimum Gasteiger partial charge on any atom is -0.376 e. The highest BCUT2D eigenvalue weighted by Gasteiger charge is 2.46. The second-order valence-corrected chi connectivity index (χ2v) is 22.3. The topological polar surface area (TPSA) is 12.6 Å². The van der Waals surface area contributed by atoms with E-state index in [1.807, 2.05) is 11.3 Å². The number of rotatable bonds is 2. The van der Waals surface area contributed by atoms with Crippen LogP contribution in [0.3, 0.4) is 0 Å². The van der Waals surface area contributed by atoms with Gasteiger partial charge in [-0.15, -0.1) is 11.3 Å². The maximum atomic E-state index is 2.73. The lowest BCUT2D eigenvalue weighted by Crippen LogP contribution is -2.60. The monoisotopic (exact) mass is 875 g/mol. The molecule has 0 amide bonds. The van der Waals surface area contributed by atoms with Crippen LogP contribution in [0.4, 0.5) is 11.4 Å². The summed E-state index contributed by atoms with van der Waals surface area (Å²) in [6, 6.07) is 65.1. The van der Waals surface area contributed by atoms with Crippen LogP contribution in [0.2, 0.25) is 0 Å². The fourth-order valence-electron chi connectivity index (χ4n) is 12.4. The minimum absolute atomic E-state index is 0.000395. The van der Waals surface area contributed by atoms with E-state index in [9.17, 15) is 0 Å². The zero-order valence-electron chi connectivity index (χ0n) is 38.5. The van der Waals surface area contributed by atoms with E-state index in [1.54, 1.807) is 0 Å². The van der Waals surface area contributed by atoms with Crippen molar-refractivity contribution in [3.8, 4) is 27.9 Å². The van der Waals surface area contributed by atoms with Gasteiger partial charge in [0.05, 0.1) is 38.0 Å². The number of nitrogens with zero attached hydrogens (tertiary/aromatic N) is 3. The number of hydrogen-bond donors (Lipinski definition) is 0. The Bertz CT molecular complexity index is 4290. The summed E-state index contributed by atoms with van der Waals surface area (Å²) < 4.78 is 7.92. The first kappa shape index (κ1) is 37.8. The quantitative estimate of drug-likeness (QED) is 0.158. The van der Waals surface area contributed by atoms with Crippen LogP contribution >= 0.6 is 11.3 Å². The summed E-state index contributed by atoms with van der Waals surface area (Å²) in [6.07, 6.45) is 0. The van der Waals surface area contributed by atoms with Crippen molar-refractivity contribution in [3.63, 3.8) is 0 Å². The first-order chi connectivity index (χ1) is 32.5. The molecule has 0 atom stereocenters. The van der Waals surface area contributed by atoms with Crippen LogP contribution in [0, 0.1) is 0 Å². The molecule has 318 valence electrons. The van der Waals surface area contributed by atoms with Crippen molar-refractivity contribution in [2.24, 2.45) is 0 Å². The predicted molar refractivity (Wildman–Crippen MR) is 290 cm³/mol. The zero-order chi connectivity index (χ0) is 44.8. The predicted octanol–water partition coefficient (Wildman–Crippen LogP) is 15.8. The van der Waals surface area contributed by atoms with E-state index in [0.29, 0.717) is 0 Å². The molecular formula is C62H46BN3S. The van der Waals surface area contributed by atoms with Crippen molar-refractivity contribution < 1.29 is 0 Å². The fraction of sp³-hybridized carbons (Fsp3) is 0.129. The Labute approximate surface area is 393 Å². The fourth-order valence-corrected chi connectivity index (χ4v) is 13.6. The maximum Gasteiger partial charge on any atom is 0.333 e. The molecule has 0 aliphatic carbocycles. The first-order valence-corrected chi connectivity index (χ1v) is 24.6. The van der Waals surface area contributed by atoms with Gasteiger partial charge < -0.3 is 13.8 Å². The van der Waals surface area contributed by atoms with Gasteiger partial charge in [0.25, 0.3) is 0 Å². The highest BCUT2D eigenvalue weighted by Crippen LogP contribution is 2.53. The Morgan fingerprint density at radius 1 is 0.478 bits per heavy atom. The second-order valence-electron chi connectivity index (χ2n) is 21.3. The maximum absolute atomic E-state index is 2.73. The van der Waals surface area contributed by atoms with Crippen LogP contribution < -0.4 is 15.7 Å². The van der Waals surface area contributed by atoms with Gasteiger partial charge in [0.1, 0.15) is 0 Å². The highest BCUT2D eigenvalue weighted by atomic mass is 32.1. The number of benzene rings is 9. The SMILES string of the molecule is CC(C)(C)c1ccc2c(c1)c1cc(C(C)(C)C)cc3c1n2-c1c2c(cc4c1sc1ccccc14)-c1c(ccc4c1c1cccc5c6ccccc6n4c51)N(c1ccc(-c4ccccc4)cc1)B23. The van der Waals surface area contributed by atoms with Gasteiger partial charge in [-0.3, -0.25) is 0 Å². The van der Waals surface area contributed by atoms with E-state index in [2.05, 4.69) is 225 Å². The number of thiophene rings is 1. The van der Waals surface area contributed by atoms with Gasteiger partial charge in [0, 0.05) is 64.7 Å². The number of fused-ring (bicyclic) bond motifs is 18. The van der Waals surface area contributed by atoms with Gasteiger partial charge >= 0.3 is 6.85 Å². The second kappa shape index (κ2) is 12.8. The molecule has 67 heavy (non-hydrogen) atoms. The van der Waals surface area contributed by atoms with Gasteiger partial charge in [-0.2, -0.15) is 0 Å². The molecule has 15 rings (SSSR count). The van der Waals surface area contributed by atoms with Crippen LogP contribution in [0.25, 0.3) is 108 Å². The molecule has 0 bridgehead atoms. The summed E-state index contributed by atoms with van der Waals surface area (Å²) >= 11 is 1.96. The molecule has 3 nitrogen and oxygen atoms in total. The highest BCUT2D eigenvalue weighted by molar-refractivity contribution is 7.26. The Morgan fingerprint density at radius 3 is 1.97 bits per heavy atom. The van der Waals surface area contributed by atoms with Crippen molar-refractivity contribution in [2.45, 2.75) is 52.4 Å². The van der Waals surface area contributed by atoms with E-state index in [0.717, 1.165) is 0 Å². The standard InChI is InChI=1S/C62H46BN3S/c1-61(2,3)37-25-28-50-44(31-37)45-32-38(62(4,5)6)33-48-58(45)65(50)59-56-47(34-46-41-18-11-13-22-53(41)67-60(46)59)55-52(66(63(48)56)39-26-23-36(24-27-39)35-15-8-7-9-16-35)30-29-51-54(55)43-20-14-19-42-40-17-10-12-21-49(40)64(51)57(42)43/h7-34H,1-6H3. The van der Waals surface area contributed by atoms with Crippen LogP contribution in [-0.4, -0.2) is 15.8 Å². The summed E-state index contributed by atoms with van der Waals surface area (Å²) in [5.41, 5.74) is 20.7. The third kappa shape index (κ3) is 4.87. The molecular weight excluding hydrogens is 830 g/mol. The Hall–Kier alpha value is -7.34. The molecule has 0 unspecified atom stereocenters. The average molecular weight is 876 g/mol. The molecule has 0 fully saturated rings. The largest absolute Gasteiger partial charge is 0.376 e. The summed E-state index contributed by atoms with van der Waals surface area (Å²) in [5, 5.41) is 10.5. The lowest BCUT2D eigenvalue weighted by molar-refractivity contribution is 0.590. The zero-order valence-corrected chi connectivity index (χ0v) is 39.3. The van der Waals surface area contributed by atoms with Gasteiger partial charge in [-0.05, 0) is 110 Å². The molecule has 0 N–H and O–H groups in total. The molecule has 6 heterocycles. The van der Waals surface area contributed by atoms with Gasteiger partial charge in [0.15, 0.2) is 0 Å². The summed E-state index contributed by atoms with van der Waals surface area (Å²) in [6.45, 7) is 14.1. The smallest absolute Gasteiger partial charge is 0.333 e. The molecule has 2 aliphatic rings. The molecule has 4 aromatic heterocycles. The van der Waals surface area contributed by atoms with Crippen molar-refractivity contribution >= 4 is 121 Å². The minimum atomic E-state index is -0.103. The van der Waals surface area contributed by atoms with Gasteiger partial charge in [0.2, 0.25) is 0 Å². The normalized spacial score (nSPS) is 13.8. The summed E-state index contributed by atoms with van der Waals surface area (Å²) in [7, 11) is 0. The van der Waals surface area contributed by atoms with Crippen molar-refractivity contribution in [1.29, 1.82) is 0 Å². The summed E-state index contributed by atoms with van der Waals surface area (Å²) in [5.74, 6) is 0. The van der Waals surface area contributed by atoms with Gasteiger partial charge in [-0.1, -0.05) is 151 Å². The third-order valence-electron chi connectivity index (χ3n) is 15.5. The van der Waals surface area contributed by atoms with Crippen molar-refractivity contribution in [3.05, 3.63) is 181 Å². The van der Waals surface area contributed by atoms with E-state index >= 15 is 0 Å². The van der Waals surface area contributed by atoms with E-state index in [1.165, 1.54) is 141 Å². The molecule has 9 aromatic carbocycles. The number of aromatic nitrogens is 2.